The third-order valence-electron chi connectivity index (χ3n) is 9.16. The Morgan fingerprint density at radius 2 is 1.71 bits per heavy atom. The average molecular weight is 412 g/mol. The highest BCUT2D eigenvalue weighted by atomic mass is 14.8. The van der Waals surface area contributed by atoms with Crippen molar-refractivity contribution in [3.8, 4) is 0 Å². The Hall–Kier alpha value is -2.15. The number of rotatable bonds is 3. The third-order valence-corrected chi connectivity index (χ3v) is 9.16. The first-order chi connectivity index (χ1) is 14.9. The van der Waals surface area contributed by atoms with Crippen molar-refractivity contribution >= 4 is 6.21 Å². The molecule has 162 valence electrons. The molecule has 2 aromatic carbocycles. The average Bonchev–Trinajstić information content (AvgIpc) is 3.24. The van der Waals surface area contributed by atoms with Gasteiger partial charge in [0, 0.05) is 6.21 Å². The van der Waals surface area contributed by atoms with Gasteiger partial charge in [-0.05, 0) is 128 Å². The first-order valence-electron chi connectivity index (χ1n) is 12.3. The van der Waals surface area contributed by atoms with Gasteiger partial charge < -0.3 is 0 Å². The lowest BCUT2D eigenvalue weighted by Gasteiger charge is -2.41. The molecule has 1 heteroatoms. The Bertz CT molecular complexity index is 1060. The van der Waals surface area contributed by atoms with Crippen LogP contribution in [0.25, 0.3) is 0 Å². The van der Waals surface area contributed by atoms with Crippen LogP contribution >= 0.6 is 0 Å². The second-order valence-corrected chi connectivity index (χ2v) is 10.7. The Labute approximate surface area is 188 Å². The summed E-state index contributed by atoms with van der Waals surface area (Å²) in [7, 11) is 0. The van der Waals surface area contributed by atoms with E-state index in [2.05, 4.69) is 77.2 Å². The molecule has 31 heavy (non-hydrogen) atoms. The van der Waals surface area contributed by atoms with E-state index in [4.69, 9.17) is 4.99 Å². The fraction of sp³-hybridized carbons (Fsp3) is 0.500. The minimum atomic E-state index is 0.498. The molecule has 0 saturated heterocycles. The maximum atomic E-state index is 4.82. The van der Waals surface area contributed by atoms with Crippen LogP contribution < -0.4 is 0 Å². The van der Waals surface area contributed by atoms with Crippen molar-refractivity contribution in [1.82, 2.24) is 0 Å². The number of allylic oxidation sites excluding steroid dienone is 1. The number of fused-ring (bicyclic) bond motifs is 1. The predicted octanol–water partition coefficient (Wildman–Crippen LogP) is 7.66. The van der Waals surface area contributed by atoms with Crippen molar-refractivity contribution in [2.24, 2.45) is 16.3 Å². The number of aliphatic imine (C=N–C) groups is 1. The summed E-state index contributed by atoms with van der Waals surface area (Å²) < 4.78 is 0. The molecule has 2 fully saturated rings. The van der Waals surface area contributed by atoms with E-state index in [1.54, 1.807) is 11.1 Å². The van der Waals surface area contributed by atoms with Gasteiger partial charge >= 0.3 is 0 Å². The van der Waals surface area contributed by atoms with Crippen LogP contribution in [0.2, 0.25) is 0 Å². The van der Waals surface area contributed by atoms with Gasteiger partial charge in [0.05, 0.1) is 6.04 Å². The summed E-state index contributed by atoms with van der Waals surface area (Å²) in [6.45, 7) is 11.5. The van der Waals surface area contributed by atoms with Crippen LogP contribution in [-0.2, 0) is 6.42 Å². The summed E-state index contributed by atoms with van der Waals surface area (Å²) in [4.78, 5) is 4.82. The fourth-order valence-electron chi connectivity index (χ4n) is 6.85. The Balaban J connectivity index is 1.29. The Morgan fingerprint density at radius 1 is 0.935 bits per heavy atom. The third kappa shape index (κ3) is 3.51. The van der Waals surface area contributed by atoms with E-state index >= 15 is 0 Å². The molecular formula is C30H37N. The van der Waals surface area contributed by atoms with E-state index in [-0.39, 0.29) is 0 Å². The topological polar surface area (TPSA) is 12.4 Å². The highest BCUT2D eigenvalue weighted by Crippen LogP contribution is 2.59. The zero-order valence-corrected chi connectivity index (χ0v) is 20.0. The lowest BCUT2D eigenvalue weighted by Crippen LogP contribution is -2.30. The van der Waals surface area contributed by atoms with Crippen LogP contribution in [0.15, 0.2) is 52.5 Å². The second-order valence-electron chi connectivity index (χ2n) is 10.7. The molecule has 1 spiro atoms. The lowest BCUT2D eigenvalue weighted by molar-refractivity contribution is 0.135. The van der Waals surface area contributed by atoms with Crippen molar-refractivity contribution < 1.29 is 0 Å². The van der Waals surface area contributed by atoms with Gasteiger partial charge in [-0.1, -0.05) is 43.3 Å². The van der Waals surface area contributed by atoms with Crippen molar-refractivity contribution in [1.29, 1.82) is 0 Å². The maximum Gasteiger partial charge on any atom is 0.0723 e. The summed E-state index contributed by atoms with van der Waals surface area (Å²) >= 11 is 0. The van der Waals surface area contributed by atoms with Crippen LogP contribution in [0.4, 0.5) is 0 Å². The molecule has 5 rings (SSSR count). The van der Waals surface area contributed by atoms with E-state index in [0.717, 1.165) is 12.3 Å². The predicted molar refractivity (Wildman–Crippen MR) is 132 cm³/mol. The monoisotopic (exact) mass is 411 g/mol. The fourth-order valence-corrected chi connectivity index (χ4v) is 6.85. The van der Waals surface area contributed by atoms with Gasteiger partial charge in [-0.15, -0.1) is 0 Å². The molecule has 0 radical (unpaired) electrons. The standard InChI is InChI=1S/C30H37N/c1-19-7-6-8-26(22(19)4)16-25-9-10-27(15-20(25)2)24-11-13-30(14-12-24)17-28-29(23(30)5)21(3)18-31-28/h6-10,15,18,23-24,28H,11-14,16-17H2,1-5H3/t23-,24?,28?,30?/m1/s1. The highest BCUT2D eigenvalue weighted by molar-refractivity contribution is 5.83. The second kappa shape index (κ2) is 7.76. The Kier molecular flexibility index (Phi) is 5.19. The highest BCUT2D eigenvalue weighted by Gasteiger charge is 2.50. The molecule has 1 aliphatic heterocycles. The molecule has 2 saturated carbocycles. The van der Waals surface area contributed by atoms with E-state index < -0.39 is 0 Å². The van der Waals surface area contributed by atoms with Crippen molar-refractivity contribution in [3.05, 3.63) is 80.9 Å². The van der Waals surface area contributed by atoms with Gasteiger partial charge in [-0.3, -0.25) is 4.99 Å². The zero-order valence-electron chi connectivity index (χ0n) is 20.0. The largest absolute Gasteiger partial charge is 0.285 e. The quantitative estimate of drug-likeness (QED) is 0.492. The summed E-state index contributed by atoms with van der Waals surface area (Å²) in [5.41, 5.74) is 12.4. The summed E-state index contributed by atoms with van der Waals surface area (Å²) in [5, 5.41) is 0. The number of hydrogen-bond acceptors (Lipinski definition) is 1. The number of nitrogens with zero attached hydrogens (tertiary/aromatic N) is 1. The lowest BCUT2D eigenvalue weighted by atomic mass is 9.64. The minimum Gasteiger partial charge on any atom is -0.285 e. The zero-order chi connectivity index (χ0) is 21.8. The van der Waals surface area contributed by atoms with Gasteiger partial charge in [-0.25, -0.2) is 0 Å². The van der Waals surface area contributed by atoms with E-state index in [1.807, 2.05) is 0 Å². The van der Waals surface area contributed by atoms with E-state index in [9.17, 15) is 0 Å². The number of hydrogen-bond donors (Lipinski definition) is 0. The van der Waals surface area contributed by atoms with Crippen LogP contribution in [0, 0.1) is 32.1 Å². The van der Waals surface area contributed by atoms with E-state index in [0.29, 0.717) is 17.4 Å². The number of aryl methyl sites for hydroxylation is 2. The summed E-state index contributed by atoms with van der Waals surface area (Å²) in [6.07, 6.45) is 9.86. The smallest absolute Gasteiger partial charge is 0.0723 e. The van der Waals surface area contributed by atoms with Gasteiger partial charge in [-0.2, -0.15) is 0 Å². The molecule has 2 aromatic rings. The van der Waals surface area contributed by atoms with Crippen LogP contribution in [0.1, 0.15) is 85.3 Å². The molecule has 1 heterocycles. The van der Waals surface area contributed by atoms with Crippen molar-refractivity contribution in [2.45, 2.75) is 85.1 Å². The maximum absolute atomic E-state index is 4.82. The molecule has 1 unspecified atom stereocenters. The summed E-state index contributed by atoms with van der Waals surface area (Å²) in [5.74, 6) is 1.44. The molecule has 0 N–H and O–H groups in total. The molecule has 3 aliphatic rings. The van der Waals surface area contributed by atoms with Crippen LogP contribution in [0.3, 0.4) is 0 Å². The SMILES string of the molecule is CC1=C2C(CC3(CCC(c4ccc(Cc5cccc(C)c5C)c(C)c4)CC3)[C@@H]2C)N=C1. The van der Waals surface area contributed by atoms with Gasteiger partial charge in [0.2, 0.25) is 0 Å². The Morgan fingerprint density at radius 3 is 2.42 bits per heavy atom. The first-order valence-corrected chi connectivity index (χ1v) is 12.3. The van der Waals surface area contributed by atoms with Gasteiger partial charge in [0.1, 0.15) is 0 Å². The molecule has 1 nitrogen and oxygen atoms in total. The van der Waals surface area contributed by atoms with Crippen molar-refractivity contribution in [3.63, 3.8) is 0 Å². The molecule has 2 atom stereocenters. The normalized spacial score (nSPS) is 29.8. The number of benzene rings is 2. The van der Waals surface area contributed by atoms with E-state index in [1.165, 1.54) is 65.5 Å². The van der Waals surface area contributed by atoms with Crippen LogP contribution in [0.5, 0.6) is 0 Å². The molecular weight excluding hydrogens is 374 g/mol. The molecule has 0 bridgehead atoms. The minimum absolute atomic E-state index is 0.498. The molecule has 2 aliphatic carbocycles. The molecule has 0 aromatic heterocycles. The summed E-state index contributed by atoms with van der Waals surface area (Å²) in [6, 6.07) is 14.5. The van der Waals surface area contributed by atoms with Gasteiger partial charge in [0.25, 0.3) is 0 Å². The van der Waals surface area contributed by atoms with Crippen LogP contribution in [-0.4, -0.2) is 12.3 Å². The first kappa shape index (κ1) is 20.7. The van der Waals surface area contributed by atoms with Crippen molar-refractivity contribution in [2.75, 3.05) is 0 Å². The molecule has 0 amide bonds. The van der Waals surface area contributed by atoms with Gasteiger partial charge in [0.15, 0.2) is 0 Å².